The lowest BCUT2D eigenvalue weighted by Crippen LogP contribution is -2.40. The van der Waals surface area contributed by atoms with Crippen molar-refractivity contribution in [3.05, 3.63) is 24.3 Å². The highest BCUT2D eigenvalue weighted by atomic mass is 32.2. The van der Waals surface area contributed by atoms with E-state index in [1.165, 1.54) is 6.42 Å². The van der Waals surface area contributed by atoms with Crippen molar-refractivity contribution in [3.8, 4) is 5.75 Å². The molecule has 1 N–H and O–H groups in total. The third-order valence-corrected chi connectivity index (χ3v) is 5.73. The summed E-state index contributed by atoms with van der Waals surface area (Å²) in [6.45, 7) is 8.22. The minimum absolute atomic E-state index is 0.276. The maximum absolute atomic E-state index is 12.2. The second kappa shape index (κ2) is 8.13. The number of rotatable bonds is 7. The van der Waals surface area contributed by atoms with Gasteiger partial charge in [-0.05, 0) is 55.5 Å². The second-order valence-electron chi connectivity index (χ2n) is 6.63. The molecule has 130 valence electrons. The van der Waals surface area contributed by atoms with Crippen molar-refractivity contribution in [2.45, 2.75) is 31.6 Å². The number of ether oxygens (including phenoxy) is 1. The molecule has 2 atom stereocenters. The SMILES string of the molecule is COc1ccc(S(=O)(=O)NCCCN2CC(C)CC(C)C2)cc1. The van der Waals surface area contributed by atoms with Gasteiger partial charge >= 0.3 is 0 Å². The van der Waals surface area contributed by atoms with Crippen LogP contribution in [-0.4, -0.2) is 46.6 Å². The number of nitrogens with one attached hydrogen (secondary N) is 1. The number of piperidine rings is 1. The Bertz CT molecular complexity index is 576. The van der Waals surface area contributed by atoms with Gasteiger partial charge in [-0.3, -0.25) is 0 Å². The van der Waals surface area contributed by atoms with Crippen molar-refractivity contribution < 1.29 is 13.2 Å². The molecule has 6 heteroatoms. The van der Waals surface area contributed by atoms with Crippen LogP contribution >= 0.6 is 0 Å². The van der Waals surface area contributed by atoms with Crippen molar-refractivity contribution in [1.29, 1.82) is 0 Å². The Labute approximate surface area is 140 Å². The monoisotopic (exact) mass is 340 g/mol. The van der Waals surface area contributed by atoms with Gasteiger partial charge in [-0.25, -0.2) is 13.1 Å². The predicted octanol–water partition coefficient (Wildman–Crippen LogP) is 2.34. The minimum atomic E-state index is -3.43. The highest BCUT2D eigenvalue weighted by molar-refractivity contribution is 7.89. The van der Waals surface area contributed by atoms with Crippen molar-refractivity contribution in [2.75, 3.05) is 33.3 Å². The molecule has 2 rings (SSSR count). The summed E-state index contributed by atoms with van der Waals surface area (Å²) in [7, 11) is -1.87. The number of likely N-dealkylation sites (tertiary alicyclic amines) is 1. The first kappa shape index (κ1) is 18.2. The summed E-state index contributed by atoms with van der Waals surface area (Å²) >= 11 is 0. The van der Waals surface area contributed by atoms with Crippen LogP contribution in [0, 0.1) is 11.8 Å². The molecule has 2 unspecified atom stereocenters. The molecule has 1 heterocycles. The Hall–Kier alpha value is -1.11. The van der Waals surface area contributed by atoms with Crippen LogP contribution in [0.5, 0.6) is 5.75 Å². The molecule has 1 fully saturated rings. The summed E-state index contributed by atoms with van der Waals surface area (Å²) in [5.74, 6) is 2.11. The smallest absolute Gasteiger partial charge is 0.240 e. The van der Waals surface area contributed by atoms with Gasteiger partial charge in [0.05, 0.1) is 12.0 Å². The van der Waals surface area contributed by atoms with Gasteiger partial charge in [0.15, 0.2) is 0 Å². The molecule has 1 aromatic carbocycles. The summed E-state index contributed by atoms with van der Waals surface area (Å²) in [6.07, 6.45) is 2.12. The Balaban J connectivity index is 1.78. The second-order valence-corrected chi connectivity index (χ2v) is 8.40. The lowest BCUT2D eigenvalue weighted by atomic mass is 9.92. The van der Waals surface area contributed by atoms with E-state index >= 15 is 0 Å². The van der Waals surface area contributed by atoms with E-state index in [-0.39, 0.29) is 4.90 Å². The topological polar surface area (TPSA) is 58.6 Å². The lowest BCUT2D eigenvalue weighted by Gasteiger charge is -2.34. The fourth-order valence-electron chi connectivity index (χ4n) is 3.32. The van der Waals surface area contributed by atoms with E-state index in [0.29, 0.717) is 12.3 Å². The van der Waals surface area contributed by atoms with Crippen LogP contribution in [0.4, 0.5) is 0 Å². The third kappa shape index (κ3) is 5.48. The average Bonchev–Trinajstić information content (AvgIpc) is 2.51. The molecule has 0 saturated carbocycles. The fraction of sp³-hybridized carbons (Fsp3) is 0.647. The van der Waals surface area contributed by atoms with Crippen molar-refractivity contribution in [3.63, 3.8) is 0 Å². The van der Waals surface area contributed by atoms with Crippen LogP contribution < -0.4 is 9.46 Å². The first-order valence-corrected chi connectivity index (χ1v) is 9.75. The molecular weight excluding hydrogens is 312 g/mol. The molecule has 0 spiro atoms. The van der Waals surface area contributed by atoms with Crippen LogP contribution in [-0.2, 0) is 10.0 Å². The highest BCUT2D eigenvalue weighted by Gasteiger charge is 2.21. The molecule has 1 saturated heterocycles. The standard InChI is InChI=1S/C17H28N2O3S/c1-14-11-15(2)13-19(12-14)10-4-9-18-23(20,21)17-7-5-16(22-3)6-8-17/h5-8,14-15,18H,4,9-13H2,1-3H3. The van der Waals surface area contributed by atoms with Crippen LogP contribution in [0.2, 0.25) is 0 Å². The van der Waals surface area contributed by atoms with Gasteiger partial charge in [-0.2, -0.15) is 0 Å². The van der Waals surface area contributed by atoms with E-state index in [0.717, 1.165) is 37.9 Å². The molecule has 0 radical (unpaired) electrons. The molecule has 5 nitrogen and oxygen atoms in total. The lowest BCUT2D eigenvalue weighted by molar-refractivity contribution is 0.140. The van der Waals surface area contributed by atoms with Gasteiger partial charge in [-0.15, -0.1) is 0 Å². The zero-order valence-corrected chi connectivity index (χ0v) is 15.1. The van der Waals surface area contributed by atoms with Crippen LogP contribution in [0.3, 0.4) is 0 Å². The molecule has 0 aliphatic carbocycles. The number of hydrogen-bond donors (Lipinski definition) is 1. The van der Waals surface area contributed by atoms with E-state index in [4.69, 9.17) is 4.74 Å². The van der Waals surface area contributed by atoms with Crippen LogP contribution in [0.1, 0.15) is 26.7 Å². The quantitative estimate of drug-likeness (QED) is 0.774. The largest absolute Gasteiger partial charge is 0.497 e. The van der Waals surface area contributed by atoms with E-state index in [2.05, 4.69) is 23.5 Å². The number of methoxy groups -OCH3 is 1. The Kier molecular flexibility index (Phi) is 6.44. The first-order chi connectivity index (χ1) is 10.9. The third-order valence-electron chi connectivity index (χ3n) is 4.26. The van der Waals surface area contributed by atoms with E-state index in [9.17, 15) is 8.42 Å². The van der Waals surface area contributed by atoms with Gasteiger partial charge in [0.25, 0.3) is 0 Å². The molecule has 0 amide bonds. The van der Waals surface area contributed by atoms with E-state index < -0.39 is 10.0 Å². The van der Waals surface area contributed by atoms with Crippen LogP contribution in [0.15, 0.2) is 29.2 Å². The summed E-state index contributed by atoms with van der Waals surface area (Å²) in [5.41, 5.74) is 0. The van der Waals surface area contributed by atoms with E-state index in [1.54, 1.807) is 31.4 Å². The number of hydrogen-bond acceptors (Lipinski definition) is 4. The summed E-state index contributed by atoms with van der Waals surface area (Å²) < 4.78 is 32.2. The van der Waals surface area contributed by atoms with Gasteiger partial charge in [0.1, 0.15) is 5.75 Å². The van der Waals surface area contributed by atoms with Crippen molar-refractivity contribution in [2.24, 2.45) is 11.8 Å². The average molecular weight is 340 g/mol. The van der Waals surface area contributed by atoms with Gasteiger partial charge in [0.2, 0.25) is 10.0 Å². The van der Waals surface area contributed by atoms with E-state index in [1.807, 2.05) is 0 Å². The van der Waals surface area contributed by atoms with Gasteiger partial charge in [0, 0.05) is 19.6 Å². The van der Waals surface area contributed by atoms with Crippen molar-refractivity contribution >= 4 is 10.0 Å². The number of nitrogens with zero attached hydrogens (tertiary/aromatic N) is 1. The Morgan fingerprint density at radius 2 is 1.78 bits per heavy atom. The molecule has 1 aliphatic heterocycles. The fourth-order valence-corrected chi connectivity index (χ4v) is 4.40. The predicted molar refractivity (Wildman–Crippen MR) is 92.2 cm³/mol. The summed E-state index contributed by atoms with van der Waals surface area (Å²) in [5, 5.41) is 0. The Morgan fingerprint density at radius 1 is 1.17 bits per heavy atom. The number of benzene rings is 1. The number of sulfonamides is 1. The molecule has 0 bridgehead atoms. The summed E-state index contributed by atoms with van der Waals surface area (Å²) in [4.78, 5) is 2.72. The minimum Gasteiger partial charge on any atom is -0.497 e. The molecular formula is C17H28N2O3S. The maximum Gasteiger partial charge on any atom is 0.240 e. The zero-order valence-electron chi connectivity index (χ0n) is 14.3. The normalized spacial score (nSPS) is 22.9. The maximum atomic E-state index is 12.2. The zero-order chi connectivity index (χ0) is 16.9. The molecule has 23 heavy (non-hydrogen) atoms. The van der Waals surface area contributed by atoms with Crippen LogP contribution in [0.25, 0.3) is 0 Å². The molecule has 1 aliphatic rings. The highest BCUT2D eigenvalue weighted by Crippen LogP contribution is 2.20. The Morgan fingerprint density at radius 3 is 2.35 bits per heavy atom. The van der Waals surface area contributed by atoms with Crippen molar-refractivity contribution in [1.82, 2.24) is 9.62 Å². The first-order valence-electron chi connectivity index (χ1n) is 8.27. The van der Waals surface area contributed by atoms with Gasteiger partial charge < -0.3 is 9.64 Å². The molecule has 1 aromatic rings. The molecule has 0 aromatic heterocycles. The van der Waals surface area contributed by atoms with Gasteiger partial charge in [-0.1, -0.05) is 13.8 Å². The summed E-state index contributed by atoms with van der Waals surface area (Å²) in [6, 6.07) is 6.44.